The minimum Gasteiger partial charge on any atom is -0.284 e. The van der Waals surface area contributed by atoms with E-state index in [0.29, 0.717) is 5.56 Å². The molecule has 18 heavy (non-hydrogen) atoms. The van der Waals surface area contributed by atoms with Gasteiger partial charge in [0.05, 0.1) is 6.07 Å². The molecule has 1 aromatic carbocycles. The SMILES string of the molecule is CCCN(CCC)C(C#N)c1ccc(F)c(F)c1. The monoisotopic (exact) mass is 252 g/mol. The Morgan fingerprint density at radius 2 is 1.78 bits per heavy atom. The van der Waals surface area contributed by atoms with Crippen molar-refractivity contribution in [1.29, 1.82) is 5.26 Å². The molecule has 0 spiro atoms. The van der Waals surface area contributed by atoms with Crippen LogP contribution in [0.4, 0.5) is 8.78 Å². The fourth-order valence-corrected chi connectivity index (χ4v) is 1.99. The molecule has 1 rings (SSSR count). The molecule has 4 heteroatoms. The number of hydrogen-bond donors (Lipinski definition) is 0. The van der Waals surface area contributed by atoms with Crippen LogP contribution >= 0.6 is 0 Å². The first-order valence-corrected chi connectivity index (χ1v) is 6.22. The Bertz CT molecular complexity index is 420. The summed E-state index contributed by atoms with van der Waals surface area (Å²) in [7, 11) is 0. The molecule has 0 fully saturated rings. The standard InChI is InChI=1S/C14H18F2N2/c1-3-7-18(8-4-2)14(10-17)11-5-6-12(15)13(16)9-11/h5-6,9,14H,3-4,7-8H2,1-2H3. The molecule has 0 aromatic heterocycles. The minimum absolute atomic E-state index is 0.512. The van der Waals surface area contributed by atoms with Crippen LogP contribution in [0.1, 0.15) is 38.3 Å². The Morgan fingerprint density at radius 1 is 1.17 bits per heavy atom. The molecule has 0 heterocycles. The highest BCUT2D eigenvalue weighted by atomic mass is 19.2. The van der Waals surface area contributed by atoms with E-state index < -0.39 is 17.7 Å². The summed E-state index contributed by atoms with van der Waals surface area (Å²) in [4.78, 5) is 1.99. The van der Waals surface area contributed by atoms with Gasteiger partial charge >= 0.3 is 0 Å². The molecule has 0 amide bonds. The van der Waals surface area contributed by atoms with Crippen molar-refractivity contribution >= 4 is 0 Å². The lowest BCUT2D eigenvalue weighted by Gasteiger charge is -2.26. The summed E-state index contributed by atoms with van der Waals surface area (Å²) in [5.74, 6) is -1.78. The van der Waals surface area contributed by atoms with Crippen LogP contribution in [0.15, 0.2) is 18.2 Å². The summed E-state index contributed by atoms with van der Waals surface area (Å²) in [6, 6.07) is 5.32. The summed E-state index contributed by atoms with van der Waals surface area (Å²) >= 11 is 0. The van der Waals surface area contributed by atoms with Gasteiger partial charge in [-0.15, -0.1) is 0 Å². The number of nitriles is 1. The number of halogens is 2. The molecular formula is C14H18F2N2. The number of benzene rings is 1. The Labute approximate surface area is 107 Å². The van der Waals surface area contributed by atoms with Crippen molar-refractivity contribution < 1.29 is 8.78 Å². The van der Waals surface area contributed by atoms with E-state index in [1.165, 1.54) is 6.07 Å². The second-order valence-electron chi connectivity index (χ2n) is 4.24. The van der Waals surface area contributed by atoms with E-state index in [4.69, 9.17) is 0 Å². The molecule has 1 aromatic rings. The molecule has 0 aliphatic heterocycles. The van der Waals surface area contributed by atoms with Gasteiger partial charge in [-0.05, 0) is 43.6 Å². The predicted octanol–water partition coefficient (Wildman–Crippen LogP) is 3.65. The maximum absolute atomic E-state index is 13.2. The van der Waals surface area contributed by atoms with E-state index in [1.54, 1.807) is 0 Å². The molecule has 1 unspecified atom stereocenters. The molecule has 0 saturated carbocycles. The third-order valence-corrected chi connectivity index (χ3v) is 2.77. The third kappa shape index (κ3) is 3.51. The Morgan fingerprint density at radius 3 is 2.22 bits per heavy atom. The van der Waals surface area contributed by atoms with E-state index in [2.05, 4.69) is 6.07 Å². The van der Waals surface area contributed by atoms with Crippen molar-refractivity contribution in [3.05, 3.63) is 35.4 Å². The first-order chi connectivity index (χ1) is 8.63. The average Bonchev–Trinajstić information content (AvgIpc) is 2.35. The van der Waals surface area contributed by atoms with Crippen molar-refractivity contribution in [1.82, 2.24) is 4.90 Å². The lowest BCUT2D eigenvalue weighted by molar-refractivity contribution is 0.236. The predicted molar refractivity (Wildman–Crippen MR) is 66.9 cm³/mol. The van der Waals surface area contributed by atoms with Gasteiger partial charge in [-0.2, -0.15) is 5.26 Å². The second kappa shape index (κ2) is 7.07. The Hall–Kier alpha value is -1.47. The Kier molecular flexibility index (Phi) is 5.73. The second-order valence-corrected chi connectivity index (χ2v) is 4.24. The maximum Gasteiger partial charge on any atom is 0.159 e. The van der Waals surface area contributed by atoms with Gasteiger partial charge in [0.2, 0.25) is 0 Å². The quantitative estimate of drug-likeness (QED) is 0.772. The largest absolute Gasteiger partial charge is 0.284 e. The summed E-state index contributed by atoms with van der Waals surface area (Å²) in [6.45, 7) is 5.60. The molecule has 0 saturated heterocycles. The Balaban J connectivity index is 2.99. The van der Waals surface area contributed by atoms with Crippen molar-refractivity contribution in [3.8, 4) is 6.07 Å². The van der Waals surface area contributed by atoms with Crippen molar-refractivity contribution in [2.24, 2.45) is 0 Å². The highest BCUT2D eigenvalue weighted by molar-refractivity contribution is 5.25. The zero-order chi connectivity index (χ0) is 13.5. The van der Waals surface area contributed by atoms with Gasteiger partial charge in [-0.3, -0.25) is 4.90 Å². The van der Waals surface area contributed by atoms with E-state index in [9.17, 15) is 14.0 Å². The maximum atomic E-state index is 13.2. The molecular weight excluding hydrogens is 234 g/mol. The average molecular weight is 252 g/mol. The van der Waals surface area contributed by atoms with E-state index in [0.717, 1.165) is 38.1 Å². The van der Waals surface area contributed by atoms with Crippen molar-refractivity contribution in [3.63, 3.8) is 0 Å². The fourth-order valence-electron chi connectivity index (χ4n) is 1.99. The fraction of sp³-hybridized carbons (Fsp3) is 0.500. The van der Waals surface area contributed by atoms with Crippen molar-refractivity contribution in [2.75, 3.05) is 13.1 Å². The van der Waals surface area contributed by atoms with Crippen LogP contribution in [0, 0.1) is 23.0 Å². The van der Waals surface area contributed by atoms with Gasteiger partial charge in [-0.25, -0.2) is 8.78 Å². The summed E-state index contributed by atoms with van der Waals surface area (Å²) in [5.41, 5.74) is 0.512. The smallest absolute Gasteiger partial charge is 0.159 e. The molecule has 0 radical (unpaired) electrons. The van der Waals surface area contributed by atoms with Crippen LogP contribution < -0.4 is 0 Å². The van der Waals surface area contributed by atoms with Crippen LogP contribution in [-0.2, 0) is 0 Å². The van der Waals surface area contributed by atoms with E-state index >= 15 is 0 Å². The first-order valence-electron chi connectivity index (χ1n) is 6.22. The zero-order valence-electron chi connectivity index (χ0n) is 10.8. The molecule has 1 atom stereocenters. The number of hydrogen-bond acceptors (Lipinski definition) is 2. The summed E-state index contributed by atoms with van der Waals surface area (Å²) < 4.78 is 26.1. The van der Waals surface area contributed by atoms with Gasteiger partial charge in [0.1, 0.15) is 6.04 Å². The van der Waals surface area contributed by atoms with Crippen LogP contribution in [-0.4, -0.2) is 18.0 Å². The van der Waals surface area contributed by atoms with Gasteiger partial charge < -0.3 is 0 Å². The highest BCUT2D eigenvalue weighted by Gasteiger charge is 2.19. The molecule has 98 valence electrons. The lowest BCUT2D eigenvalue weighted by atomic mass is 10.1. The number of rotatable bonds is 6. The van der Waals surface area contributed by atoms with Gasteiger partial charge in [0, 0.05) is 0 Å². The molecule has 0 aliphatic rings. The summed E-state index contributed by atoms with van der Waals surface area (Å²) in [6.07, 6.45) is 1.84. The minimum atomic E-state index is -0.902. The molecule has 0 N–H and O–H groups in total. The van der Waals surface area contributed by atoms with Crippen LogP contribution in [0.5, 0.6) is 0 Å². The molecule has 0 aliphatic carbocycles. The topological polar surface area (TPSA) is 27.0 Å². The first kappa shape index (κ1) is 14.6. The van der Waals surface area contributed by atoms with Crippen LogP contribution in [0.2, 0.25) is 0 Å². The van der Waals surface area contributed by atoms with Crippen LogP contribution in [0.3, 0.4) is 0 Å². The van der Waals surface area contributed by atoms with Gasteiger partial charge in [0.25, 0.3) is 0 Å². The highest BCUT2D eigenvalue weighted by Crippen LogP contribution is 2.22. The third-order valence-electron chi connectivity index (χ3n) is 2.77. The van der Waals surface area contributed by atoms with Gasteiger partial charge in [-0.1, -0.05) is 19.9 Å². The van der Waals surface area contributed by atoms with Crippen molar-refractivity contribution in [2.45, 2.75) is 32.7 Å². The molecule has 0 bridgehead atoms. The van der Waals surface area contributed by atoms with Crippen LogP contribution in [0.25, 0.3) is 0 Å². The van der Waals surface area contributed by atoms with E-state index in [1.807, 2.05) is 18.7 Å². The zero-order valence-corrected chi connectivity index (χ0v) is 10.8. The number of nitrogens with zero attached hydrogens (tertiary/aromatic N) is 2. The van der Waals surface area contributed by atoms with E-state index in [-0.39, 0.29) is 0 Å². The lowest BCUT2D eigenvalue weighted by Crippen LogP contribution is -2.29. The molecule has 2 nitrogen and oxygen atoms in total. The van der Waals surface area contributed by atoms with Gasteiger partial charge in [0.15, 0.2) is 11.6 Å². The normalized spacial score (nSPS) is 12.4. The summed E-state index contributed by atoms with van der Waals surface area (Å²) in [5, 5.41) is 9.26.